The molecular weight excluding hydrogens is 184 g/mol. The number of carbonyl (C=O) groups is 1. The lowest BCUT2D eigenvalue weighted by atomic mass is 10.4. The first-order valence-corrected chi connectivity index (χ1v) is 4.97. The first-order chi connectivity index (χ1) is 5.47. The number of hydrogen-bond donors (Lipinski definition) is 1. The molecular formula is C7H11F2NOS. The van der Waals surface area contributed by atoms with Gasteiger partial charge in [0.1, 0.15) is 5.92 Å². The molecule has 1 aliphatic rings. The molecule has 0 saturated heterocycles. The Morgan fingerprint density at radius 3 is 2.58 bits per heavy atom. The Bertz CT molecular complexity index is 198. The highest BCUT2D eigenvalue weighted by molar-refractivity contribution is 7.99. The summed E-state index contributed by atoms with van der Waals surface area (Å²) in [5, 5.41) is 2.40. The molecule has 0 aromatic heterocycles. The van der Waals surface area contributed by atoms with Crippen LogP contribution in [-0.4, -0.2) is 23.5 Å². The van der Waals surface area contributed by atoms with E-state index < -0.39 is 17.7 Å². The highest BCUT2D eigenvalue weighted by atomic mass is 32.2. The Hall–Kier alpha value is -0.320. The van der Waals surface area contributed by atoms with Crippen LogP contribution in [-0.2, 0) is 4.79 Å². The van der Waals surface area contributed by atoms with E-state index >= 15 is 0 Å². The van der Waals surface area contributed by atoms with Gasteiger partial charge in [0, 0.05) is 6.42 Å². The van der Waals surface area contributed by atoms with Crippen molar-refractivity contribution in [3.63, 3.8) is 0 Å². The normalized spacial score (nSPS) is 27.8. The van der Waals surface area contributed by atoms with E-state index in [2.05, 4.69) is 5.32 Å². The van der Waals surface area contributed by atoms with Gasteiger partial charge in [-0.15, -0.1) is 11.8 Å². The van der Waals surface area contributed by atoms with Crippen molar-refractivity contribution in [3.05, 3.63) is 0 Å². The number of hydrogen-bond acceptors (Lipinski definition) is 2. The van der Waals surface area contributed by atoms with E-state index in [1.807, 2.05) is 6.26 Å². The summed E-state index contributed by atoms with van der Waals surface area (Å²) in [4.78, 5) is 11.0. The zero-order valence-electron chi connectivity index (χ0n) is 6.93. The summed E-state index contributed by atoms with van der Waals surface area (Å²) in [5.74, 6) is -4.35. The Labute approximate surface area is 74.1 Å². The molecule has 0 radical (unpaired) electrons. The maximum absolute atomic E-state index is 12.3. The van der Waals surface area contributed by atoms with Crippen molar-refractivity contribution in [2.24, 2.45) is 5.92 Å². The zero-order chi connectivity index (χ0) is 9.35. The maximum atomic E-state index is 12.3. The highest BCUT2D eigenvalue weighted by Crippen LogP contribution is 2.48. The standard InChI is InChI=1S/C7H11F2NOS/c1-4(12-2)10-6(11)5-3-7(5,8)9/h4-5H,3H2,1-2H3,(H,10,11)/t4-,5-/m0/s1. The van der Waals surface area contributed by atoms with Crippen LogP contribution in [0.3, 0.4) is 0 Å². The summed E-state index contributed by atoms with van der Waals surface area (Å²) < 4.78 is 24.7. The minimum atomic E-state index is -2.75. The van der Waals surface area contributed by atoms with Crippen molar-refractivity contribution in [3.8, 4) is 0 Å². The van der Waals surface area contributed by atoms with E-state index in [-0.39, 0.29) is 11.8 Å². The molecule has 70 valence electrons. The molecule has 1 rings (SSSR count). The number of halogens is 2. The monoisotopic (exact) mass is 195 g/mol. The average molecular weight is 195 g/mol. The Kier molecular flexibility index (Phi) is 2.61. The fourth-order valence-corrected chi connectivity index (χ4v) is 1.09. The molecule has 0 spiro atoms. The van der Waals surface area contributed by atoms with E-state index in [1.54, 1.807) is 6.92 Å². The summed E-state index contributed by atoms with van der Waals surface area (Å²) in [6.07, 6.45) is 1.52. The van der Waals surface area contributed by atoms with Gasteiger partial charge in [-0.1, -0.05) is 0 Å². The van der Waals surface area contributed by atoms with Crippen LogP contribution in [0.2, 0.25) is 0 Å². The zero-order valence-corrected chi connectivity index (χ0v) is 7.75. The van der Waals surface area contributed by atoms with E-state index in [4.69, 9.17) is 0 Å². The fraction of sp³-hybridized carbons (Fsp3) is 0.857. The summed E-state index contributed by atoms with van der Waals surface area (Å²) in [6, 6.07) is 0. The van der Waals surface area contributed by atoms with E-state index in [1.165, 1.54) is 11.8 Å². The first kappa shape index (κ1) is 9.77. The van der Waals surface area contributed by atoms with E-state index in [0.29, 0.717) is 0 Å². The quantitative estimate of drug-likeness (QED) is 0.691. The van der Waals surface area contributed by atoms with Gasteiger partial charge in [-0.25, -0.2) is 8.78 Å². The van der Waals surface area contributed by atoms with E-state index in [0.717, 1.165) is 0 Å². The molecule has 12 heavy (non-hydrogen) atoms. The average Bonchev–Trinajstić information content (AvgIpc) is 2.59. The van der Waals surface area contributed by atoms with E-state index in [9.17, 15) is 13.6 Å². The smallest absolute Gasteiger partial charge is 0.260 e. The van der Waals surface area contributed by atoms with Crippen molar-refractivity contribution < 1.29 is 13.6 Å². The highest BCUT2D eigenvalue weighted by Gasteiger charge is 2.61. The second-order valence-corrected chi connectivity index (χ2v) is 4.08. The largest absolute Gasteiger partial charge is 0.344 e. The summed E-state index contributed by atoms with van der Waals surface area (Å²) in [6.45, 7) is 1.77. The van der Waals surface area contributed by atoms with Crippen LogP contribution in [0.1, 0.15) is 13.3 Å². The lowest BCUT2D eigenvalue weighted by molar-refractivity contribution is -0.124. The van der Waals surface area contributed by atoms with Crippen LogP contribution in [0.25, 0.3) is 0 Å². The fourth-order valence-electron chi connectivity index (χ4n) is 0.858. The predicted molar refractivity (Wildman–Crippen MR) is 44.2 cm³/mol. The number of amides is 1. The van der Waals surface area contributed by atoms with Gasteiger partial charge in [-0.3, -0.25) is 4.79 Å². The lowest BCUT2D eigenvalue weighted by Crippen LogP contribution is -2.32. The first-order valence-electron chi connectivity index (χ1n) is 3.68. The molecule has 2 atom stereocenters. The SMILES string of the molecule is CS[C@@H](C)NC(=O)[C@@H]1CC1(F)F. The Balaban J connectivity index is 2.32. The molecule has 1 aliphatic carbocycles. The summed E-state index contributed by atoms with van der Waals surface area (Å²) >= 11 is 1.42. The van der Waals surface area contributed by atoms with Crippen molar-refractivity contribution in [2.75, 3.05) is 6.26 Å². The van der Waals surface area contributed by atoms with Gasteiger partial charge in [0.05, 0.1) is 5.37 Å². The molecule has 0 aliphatic heterocycles. The summed E-state index contributed by atoms with van der Waals surface area (Å²) in [7, 11) is 0. The molecule has 2 nitrogen and oxygen atoms in total. The van der Waals surface area contributed by atoms with Gasteiger partial charge >= 0.3 is 0 Å². The predicted octanol–water partition coefficient (Wildman–Crippen LogP) is 1.47. The maximum Gasteiger partial charge on any atom is 0.260 e. The Morgan fingerprint density at radius 1 is 1.75 bits per heavy atom. The number of nitrogens with one attached hydrogen (secondary N) is 1. The van der Waals surface area contributed by atoms with Gasteiger partial charge in [0.25, 0.3) is 5.92 Å². The van der Waals surface area contributed by atoms with Crippen LogP contribution < -0.4 is 5.32 Å². The van der Waals surface area contributed by atoms with Crippen LogP contribution in [0.4, 0.5) is 8.78 Å². The number of carbonyl (C=O) groups excluding carboxylic acids is 1. The molecule has 0 aromatic carbocycles. The van der Waals surface area contributed by atoms with Crippen LogP contribution in [0.5, 0.6) is 0 Å². The molecule has 1 saturated carbocycles. The van der Waals surface area contributed by atoms with Gasteiger partial charge in [-0.05, 0) is 13.2 Å². The number of alkyl halides is 2. The number of thioether (sulfide) groups is 1. The molecule has 1 N–H and O–H groups in total. The van der Waals surface area contributed by atoms with Gasteiger partial charge in [0.2, 0.25) is 5.91 Å². The second kappa shape index (κ2) is 3.20. The third-order valence-electron chi connectivity index (χ3n) is 1.84. The van der Waals surface area contributed by atoms with Crippen LogP contribution in [0, 0.1) is 5.92 Å². The van der Waals surface area contributed by atoms with Gasteiger partial charge in [-0.2, -0.15) is 0 Å². The van der Waals surface area contributed by atoms with Gasteiger partial charge in [0.15, 0.2) is 0 Å². The molecule has 0 heterocycles. The molecule has 0 bridgehead atoms. The minimum Gasteiger partial charge on any atom is -0.344 e. The molecule has 0 aromatic rings. The topological polar surface area (TPSA) is 29.1 Å². The summed E-state index contributed by atoms with van der Waals surface area (Å²) in [5.41, 5.74) is 0. The number of rotatable bonds is 3. The van der Waals surface area contributed by atoms with Crippen LogP contribution in [0.15, 0.2) is 0 Å². The Morgan fingerprint density at radius 2 is 2.25 bits per heavy atom. The third kappa shape index (κ3) is 2.09. The molecule has 5 heteroatoms. The van der Waals surface area contributed by atoms with Gasteiger partial charge < -0.3 is 5.32 Å². The molecule has 1 fully saturated rings. The lowest BCUT2D eigenvalue weighted by Gasteiger charge is -2.09. The van der Waals surface area contributed by atoms with Crippen molar-refractivity contribution in [2.45, 2.75) is 24.6 Å². The minimum absolute atomic E-state index is 0.0890. The van der Waals surface area contributed by atoms with Crippen molar-refractivity contribution >= 4 is 17.7 Å². The van der Waals surface area contributed by atoms with Crippen molar-refractivity contribution in [1.29, 1.82) is 0 Å². The third-order valence-corrected chi connectivity index (χ3v) is 2.67. The van der Waals surface area contributed by atoms with Crippen molar-refractivity contribution in [1.82, 2.24) is 5.32 Å². The molecule has 0 unspecified atom stereocenters. The van der Waals surface area contributed by atoms with Crippen LogP contribution >= 0.6 is 11.8 Å². The molecule has 1 amide bonds. The second-order valence-electron chi connectivity index (χ2n) is 2.90.